The van der Waals surface area contributed by atoms with Gasteiger partial charge in [0.15, 0.2) is 0 Å². The van der Waals surface area contributed by atoms with Crippen molar-refractivity contribution >= 4 is 7.67 Å². The summed E-state index contributed by atoms with van der Waals surface area (Å²) < 4.78 is 10.0. The monoisotopic (exact) mass is 124 g/mol. The topological polar surface area (TPSA) is 75.3 Å². The molecular weight excluding hydrogens is 115 g/mol. The molecule has 0 spiro atoms. The molecule has 0 aliphatic heterocycles. The molecule has 0 aliphatic carbocycles. The van der Waals surface area contributed by atoms with E-state index >= 15 is 0 Å². The Labute approximate surface area is 42.3 Å². The summed E-state index contributed by atoms with van der Waals surface area (Å²) in [6.07, 6.45) is 0. The van der Waals surface area contributed by atoms with Crippen LogP contribution in [0.25, 0.3) is 0 Å². The van der Waals surface area contributed by atoms with Gasteiger partial charge in [0.05, 0.1) is 0 Å². The Balaban J connectivity index is 3.36. The highest BCUT2D eigenvalue weighted by Crippen LogP contribution is 2.21. The van der Waals surface area contributed by atoms with Gasteiger partial charge < -0.3 is 4.89 Å². The normalized spacial score (nSPS) is 18.7. The van der Waals surface area contributed by atoms with E-state index in [0.29, 0.717) is 6.54 Å². The molecule has 0 aromatic heterocycles. The van der Waals surface area contributed by atoms with Crippen LogP contribution in [0.5, 0.6) is 0 Å². The molecule has 0 aliphatic rings. The Hall–Kier alpha value is 0.110. The predicted molar refractivity (Wildman–Crippen MR) is 27.7 cm³/mol. The van der Waals surface area contributed by atoms with Crippen LogP contribution in [-0.4, -0.2) is 11.4 Å². The van der Waals surface area contributed by atoms with E-state index in [1.54, 1.807) is 6.92 Å². The SMILES string of the molecule is CCNP(N)(=O)O. The van der Waals surface area contributed by atoms with Crippen molar-refractivity contribution in [2.45, 2.75) is 6.92 Å². The highest BCUT2D eigenvalue weighted by Gasteiger charge is 2.04. The van der Waals surface area contributed by atoms with Crippen molar-refractivity contribution in [3.8, 4) is 0 Å². The second kappa shape index (κ2) is 2.43. The van der Waals surface area contributed by atoms with Crippen molar-refractivity contribution in [2.75, 3.05) is 6.54 Å². The number of hydrogen-bond donors (Lipinski definition) is 3. The lowest BCUT2D eigenvalue weighted by Crippen LogP contribution is -2.14. The average molecular weight is 124 g/mol. The molecule has 44 valence electrons. The zero-order chi connectivity index (χ0) is 5.91. The molecule has 0 aromatic rings. The zero-order valence-electron chi connectivity index (χ0n) is 4.09. The summed E-state index contributed by atoms with van der Waals surface area (Å²) in [6, 6.07) is 0. The van der Waals surface area contributed by atoms with E-state index in [2.05, 4.69) is 10.6 Å². The quantitative estimate of drug-likeness (QED) is 0.440. The first-order chi connectivity index (χ1) is 3.06. The molecule has 5 heteroatoms. The molecule has 0 aromatic carbocycles. The number of nitrogens with two attached hydrogens (primary N) is 1. The van der Waals surface area contributed by atoms with E-state index in [4.69, 9.17) is 4.89 Å². The molecule has 0 saturated carbocycles. The Kier molecular flexibility index (Phi) is 2.46. The van der Waals surface area contributed by atoms with E-state index in [0.717, 1.165) is 0 Å². The molecule has 0 fully saturated rings. The van der Waals surface area contributed by atoms with E-state index in [1.165, 1.54) is 0 Å². The lowest BCUT2D eigenvalue weighted by Gasteiger charge is -2.01. The van der Waals surface area contributed by atoms with Gasteiger partial charge in [-0.25, -0.2) is 10.6 Å². The first-order valence-electron chi connectivity index (χ1n) is 1.93. The summed E-state index contributed by atoms with van der Waals surface area (Å²) >= 11 is 0. The molecular formula is C2H9N2O2P. The molecule has 0 heterocycles. The van der Waals surface area contributed by atoms with Gasteiger partial charge in [-0.1, -0.05) is 6.92 Å². The second-order valence-electron chi connectivity index (χ2n) is 1.13. The van der Waals surface area contributed by atoms with Gasteiger partial charge in [-0.3, -0.25) is 4.57 Å². The molecule has 0 saturated heterocycles. The van der Waals surface area contributed by atoms with Crippen LogP contribution >= 0.6 is 7.67 Å². The first kappa shape index (κ1) is 7.11. The standard InChI is InChI=1S/C2H9N2O2P/c1-2-4-7(3,5)6/h2H2,1H3,(H4,3,4,5,6). The molecule has 4 N–H and O–H groups in total. The van der Waals surface area contributed by atoms with Crippen molar-refractivity contribution < 1.29 is 9.46 Å². The minimum Gasteiger partial charge on any atom is -0.322 e. The smallest absolute Gasteiger partial charge is 0.322 e. The van der Waals surface area contributed by atoms with Gasteiger partial charge in [0, 0.05) is 6.54 Å². The predicted octanol–water partition coefficient (Wildman–Crippen LogP) is -0.345. The van der Waals surface area contributed by atoms with Crippen LogP contribution in [0.3, 0.4) is 0 Å². The highest BCUT2D eigenvalue weighted by atomic mass is 31.2. The van der Waals surface area contributed by atoms with Crippen LogP contribution in [0.1, 0.15) is 6.92 Å². The van der Waals surface area contributed by atoms with Gasteiger partial charge in [-0.15, -0.1) is 0 Å². The van der Waals surface area contributed by atoms with Crippen LogP contribution < -0.4 is 10.6 Å². The second-order valence-corrected chi connectivity index (χ2v) is 2.70. The van der Waals surface area contributed by atoms with E-state index in [9.17, 15) is 4.57 Å². The van der Waals surface area contributed by atoms with Crippen molar-refractivity contribution in [3.63, 3.8) is 0 Å². The van der Waals surface area contributed by atoms with Gasteiger partial charge in [0.2, 0.25) is 0 Å². The summed E-state index contributed by atoms with van der Waals surface area (Å²) in [7, 11) is -3.42. The fourth-order valence-electron chi connectivity index (χ4n) is 0.227. The molecule has 0 amide bonds. The van der Waals surface area contributed by atoms with Gasteiger partial charge in [0.25, 0.3) is 0 Å². The zero-order valence-corrected chi connectivity index (χ0v) is 4.98. The minimum atomic E-state index is -3.42. The summed E-state index contributed by atoms with van der Waals surface area (Å²) in [5.41, 5.74) is 4.65. The number of rotatable bonds is 2. The maximum atomic E-state index is 10.0. The van der Waals surface area contributed by atoms with Gasteiger partial charge in [-0.2, -0.15) is 0 Å². The summed E-state index contributed by atoms with van der Waals surface area (Å²) in [6.45, 7) is 2.13. The molecule has 0 radical (unpaired) electrons. The van der Waals surface area contributed by atoms with Crippen LogP contribution in [0.4, 0.5) is 0 Å². The lowest BCUT2D eigenvalue weighted by molar-refractivity contribution is 0.466. The van der Waals surface area contributed by atoms with E-state index < -0.39 is 7.67 Å². The third-order valence-corrected chi connectivity index (χ3v) is 1.15. The molecule has 1 atom stereocenters. The van der Waals surface area contributed by atoms with Crippen molar-refractivity contribution in [2.24, 2.45) is 5.50 Å². The maximum absolute atomic E-state index is 10.0. The molecule has 7 heavy (non-hydrogen) atoms. The Morgan fingerprint density at radius 1 is 2.00 bits per heavy atom. The van der Waals surface area contributed by atoms with Crippen LogP contribution in [-0.2, 0) is 4.57 Å². The van der Waals surface area contributed by atoms with Crippen molar-refractivity contribution in [1.29, 1.82) is 0 Å². The van der Waals surface area contributed by atoms with Crippen LogP contribution in [0, 0.1) is 0 Å². The third-order valence-electron chi connectivity index (χ3n) is 0.385. The van der Waals surface area contributed by atoms with Crippen molar-refractivity contribution in [1.82, 2.24) is 5.09 Å². The molecule has 0 bridgehead atoms. The van der Waals surface area contributed by atoms with Gasteiger partial charge >= 0.3 is 7.67 Å². The van der Waals surface area contributed by atoms with Crippen LogP contribution in [0.15, 0.2) is 0 Å². The van der Waals surface area contributed by atoms with Gasteiger partial charge in [-0.05, 0) is 0 Å². The van der Waals surface area contributed by atoms with Gasteiger partial charge in [0.1, 0.15) is 0 Å². The van der Waals surface area contributed by atoms with Crippen LogP contribution in [0.2, 0.25) is 0 Å². The highest BCUT2D eigenvalue weighted by molar-refractivity contribution is 7.53. The molecule has 1 unspecified atom stereocenters. The van der Waals surface area contributed by atoms with E-state index in [-0.39, 0.29) is 0 Å². The van der Waals surface area contributed by atoms with Crippen molar-refractivity contribution in [3.05, 3.63) is 0 Å². The third kappa shape index (κ3) is 6.11. The lowest BCUT2D eigenvalue weighted by atomic mass is 10.8. The Bertz CT molecular complexity index is 87.7. The number of hydrogen-bond acceptors (Lipinski definition) is 1. The molecule has 4 nitrogen and oxygen atoms in total. The largest absolute Gasteiger partial charge is 0.335 e. The Morgan fingerprint density at radius 3 is 2.43 bits per heavy atom. The summed E-state index contributed by atoms with van der Waals surface area (Å²) in [4.78, 5) is 8.24. The average Bonchev–Trinajstić information content (AvgIpc) is 1.30. The fourth-order valence-corrected chi connectivity index (χ4v) is 0.680. The maximum Gasteiger partial charge on any atom is 0.335 e. The summed E-state index contributed by atoms with van der Waals surface area (Å²) in [5, 5.41) is 2.17. The minimum absolute atomic E-state index is 0.421. The molecule has 0 rings (SSSR count). The number of nitrogens with one attached hydrogen (secondary N) is 1. The summed E-state index contributed by atoms with van der Waals surface area (Å²) in [5.74, 6) is 0. The Morgan fingerprint density at radius 2 is 2.43 bits per heavy atom. The first-order valence-corrected chi connectivity index (χ1v) is 3.65. The van der Waals surface area contributed by atoms with E-state index in [1.807, 2.05) is 0 Å². The fraction of sp³-hybridized carbons (Fsp3) is 1.00.